The number of alkyl halides is 2. The molecule has 1 aromatic carbocycles. The summed E-state index contributed by atoms with van der Waals surface area (Å²) >= 11 is 0. The summed E-state index contributed by atoms with van der Waals surface area (Å²) in [7, 11) is 0. The van der Waals surface area contributed by atoms with Crippen LogP contribution in [-0.4, -0.2) is 18.7 Å². The van der Waals surface area contributed by atoms with Crippen LogP contribution in [0.25, 0.3) is 0 Å². The molecule has 6 heteroatoms. The van der Waals surface area contributed by atoms with E-state index in [-0.39, 0.29) is 17.8 Å². The molecule has 2 amide bonds. The number of hydrogen-bond donors (Lipinski definition) is 2. The van der Waals surface area contributed by atoms with E-state index in [0.29, 0.717) is 11.6 Å². The molecule has 1 unspecified atom stereocenters. The van der Waals surface area contributed by atoms with E-state index in [1.807, 2.05) is 6.92 Å². The number of urea groups is 1. The van der Waals surface area contributed by atoms with E-state index in [4.69, 9.17) is 0 Å². The van der Waals surface area contributed by atoms with Crippen molar-refractivity contribution >= 4 is 11.7 Å². The van der Waals surface area contributed by atoms with Crippen molar-refractivity contribution in [2.45, 2.75) is 46.3 Å². The molecule has 118 valence electrons. The van der Waals surface area contributed by atoms with Crippen LogP contribution in [0.4, 0.5) is 19.3 Å². The molecule has 1 rings (SSSR count). The lowest BCUT2D eigenvalue weighted by atomic mass is 10.0. The first-order valence-corrected chi connectivity index (χ1v) is 6.99. The number of amides is 2. The third kappa shape index (κ3) is 7.48. The second-order valence-corrected chi connectivity index (χ2v) is 5.37. The van der Waals surface area contributed by atoms with Crippen molar-refractivity contribution in [3.63, 3.8) is 0 Å². The molecule has 1 atom stereocenters. The van der Waals surface area contributed by atoms with Gasteiger partial charge in [0.15, 0.2) is 0 Å². The van der Waals surface area contributed by atoms with E-state index < -0.39 is 6.61 Å². The summed E-state index contributed by atoms with van der Waals surface area (Å²) in [6, 6.07) is 5.54. The van der Waals surface area contributed by atoms with Gasteiger partial charge >= 0.3 is 12.6 Å². The highest BCUT2D eigenvalue weighted by Gasteiger charge is 2.09. The topological polar surface area (TPSA) is 50.4 Å². The van der Waals surface area contributed by atoms with Crippen LogP contribution in [0.1, 0.15) is 33.6 Å². The van der Waals surface area contributed by atoms with Gasteiger partial charge in [-0.1, -0.05) is 13.8 Å². The highest BCUT2D eigenvalue weighted by Crippen LogP contribution is 2.17. The van der Waals surface area contributed by atoms with Gasteiger partial charge in [0, 0.05) is 11.7 Å². The first kappa shape index (κ1) is 17.2. The molecule has 1 aromatic rings. The van der Waals surface area contributed by atoms with Crippen LogP contribution < -0.4 is 15.4 Å². The average molecular weight is 300 g/mol. The summed E-state index contributed by atoms with van der Waals surface area (Å²) in [5, 5.41) is 5.48. The highest BCUT2D eigenvalue weighted by atomic mass is 19.3. The molecular formula is C15H22F2N2O2. The summed E-state index contributed by atoms with van der Waals surface area (Å²) < 4.78 is 28.2. The fraction of sp³-hybridized carbons (Fsp3) is 0.533. The van der Waals surface area contributed by atoms with Gasteiger partial charge in [-0.2, -0.15) is 8.78 Å². The van der Waals surface area contributed by atoms with Gasteiger partial charge in [0.2, 0.25) is 0 Å². The molecule has 0 aromatic heterocycles. The van der Waals surface area contributed by atoms with Crippen molar-refractivity contribution in [1.82, 2.24) is 5.32 Å². The van der Waals surface area contributed by atoms with Crippen LogP contribution in [0.15, 0.2) is 24.3 Å². The van der Waals surface area contributed by atoms with Gasteiger partial charge in [-0.3, -0.25) is 0 Å². The van der Waals surface area contributed by atoms with Crippen molar-refractivity contribution in [3.8, 4) is 5.75 Å². The number of hydrogen-bond acceptors (Lipinski definition) is 2. The molecule has 4 nitrogen and oxygen atoms in total. The van der Waals surface area contributed by atoms with Gasteiger partial charge in [0.25, 0.3) is 0 Å². The maximum atomic E-state index is 12.0. The third-order valence-corrected chi connectivity index (χ3v) is 2.89. The maximum Gasteiger partial charge on any atom is 0.387 e. The van der Waals surface area contributed by atoms with Crippen molar-refractivity contribution in [1.29, 1.82) is 0 Å². The lowest BCUT2D eigenvalue weighted by Gasteiger charge is -2.15. The van der Waals surface area contributed by atoms with Crippen molar-refractivity contribution in [2.24, 2.45) is 5.92 Å². The van der Waals surface area contributed by atoms with Gasteiger partial charge in [0.1, 0.15) is 5.75 Å². The molecule has 0 aliphatic heterocycles. The Morgan fingerprint density at radius 1 is 1.14 bits per heavy atom. The van der Waals surface area contributed by atoms with Crippen molar-refractivity contribution in [2.75, 3.05) is 5.32 Å². The van der Waals surface area contributed by atoms with Crippen LogP contribution in [0, 0.1) is 5.92 Å². The molecule has 0 bridgehead atoms. The molecule has 0 aliphatic rings. The van der Waals surface area contributed by atoms with E-state index >= 15 is 0 Å². The van der Waals surface area contributed by atoms with Crippen LogP contribution in [0.2, 0.25) is 0 Å². The summed E-state index contributed by atoms with van der Waals surface area (Å²) in [4.78, 5) is 11.8. The van der Waals surface area contributed by atoms with Crippen LogP contribution >= 0.6 is 0 Å². The van der Waals surface area contributed by atoms with E-state index in [1.165, 1.54) is 24.3 Å². The van der Waals surface area contributed by atoms with E-state index in [2.05, 4.69) is 29.2 Å². The average Bonchev–Trinajstić information content (AvgIpc) is 2.38. The Balaban J connectivity index is 2.40. The zero-order valence-corrected chi connectivity index (χ0v) is 12.5. The number of benzene rings is 1. The van der Waals surface area contributed by atoms with Gasteiger partial charge in [0.05, 0.1) is 0 Å². The van der Waals surface area contributed by atoms with E-state index in [1.54, 1.807) is 0 Å². The molecule has 0 saturated heterocycles. The summed E-state index contributed by atoms with van der Waals surface area (Å²) in [5.41, 5.74) is 0.519. The minimum absolute atomic E-state index is 0.0567. The number of ether oxygens (including phenoxy) is 1. The lowest BCUT2D eigenvalue weighted by molar-refractivity contribution is -0.0498. The SMILES string of the molecule is CC(C)CCC(C)NC(=O)Nc1ccc(OC(F)F)cc1. The first-order valence-electron chi connectivity index (χ1n) is 6.99. The van der Waals surface area contributed by atoms with Crippen LogP contribution in [0.5, 0.6) is 5.75 Å². The number of rotatable bonds is 7. The second-order valence-electron chi connectivity index (χ2n) is 5.37. The Bertz CT molecular complexity index is 436. The Morgan fingerprint density at radius 3 is 2.29 bits per heavy atom. The zero-order chi connectivity index (χ0) is 15.8. The predicted molar refractivity (Wildman–Crippen MR) is 78.8 cm³/mol. The smallest absolute Gasteiger partial charge is 0.387 e. The molecule has 2 N–H and O–H groups in total. The normalized spacial score (nSPS) is 12.3. The van der Waals surface area contributed by atoms with E-state index in [0.717, 1.165) is 12.8 Å². The van der Waals surface area contributed by atoms with Gasteiger partial charge < -0.3 is 15.4 Å². The van der Waals surface area contributed by atoms with E-state index in [9.17, 15) is 13.6 Å². The van der Waals surface area contributed by atoms with Gasteiger partial charge in [-0.05, 0) is 49.9 Å². The Morgan fingerprint density at radius 2 is 1.76 bits per heavy atom. The number of carbonyl (C=O) groups is 1. The minimum Gasteiger partial charge on any atom is -0.435 e. The first-order chi connectivity index (χ1) is 9.86. The lowest BCUT2D eigenvalue weighted by Crippen LogP contribution is -2.36. The quantitative estimate of drug-likeness (QED) is 0.791. The monoisotopic (exact) mass is 300 g/mol. The number of halogens is 2. The third-order valence-electron chi connectivity index (χ3n) is 2.89. The molecule has 21 heavy (non-hydrogen) atoms. The summed E-state index contributed by atoms with van der Waals surface area (Å²) in [6.45, 7) is 3.36. The standard InChI is InChI=1S/C15H22F2N2O2/c1-10(2)4-5-11(3)18-15(20)19-12-6-8-13(9-7-12)21-14(16)17/h6-11,14H,4-5H2,1-3H3,(H2,18,19,20). The Hall–Kier alpha value is -1.85. The second kappa shape index (κ2) is 8.44. The largest absolute Gasteiger partial charge is 0.435 e. The molecular weight excluding hydrogens is 278 g/mol. The molecule has 0 aliphatic carbocycles. The molecule has 0 fully saturated rings. The fourth-order valence-corrected chi connectivity index (χ4v) is 1.77. The van der Waals surface area contributed by atoms with Gasteiger partial charge in [-0.15, -0.1) is 0 Å². The molecule has 0 spiro atoms. The van der Waals surface area contributed by atoms with Crippen molar-refractivity contribution < 1.29 is 18.3 Å². The number of nitrogens with one attached hydrogen (secondary N) is 2. The predicted octanol–water partition coefficient (Wildman–Crippen LogP) is 4.23. The van der Waals surface area contributed by atoms with Crippen molar-refractivity contribution in [3.05, 3.63) is 24.3 Å². The summed E-state index contributed by atoms with van der Waals surface area (Å²) in [6.07, 6.45) is 1.95. The molecule has 0 radical (unpaired) electrons. The maximum absolute atomic E-state index is 12.0. The number of carbonyl (C=O) groups excluding carboxylic acids is 1. The number of anilines is 1. The Kier molecular flexibility index (Phi) is 6.91. The van der Waals surface area contributed by atoms with Crippen LogP contribution in [0.3, 0.4) is 0 Å². The highest BCUT2D eigenvalue weighted by molar-refractivity contribution is 5.89. The fourth-order valence-electron chi connectivity index (χ4n) is 1.77. The minimum atomic E-state index is -2.85. The molecule has 0 saturated carbocycles. The van der Waals surface area contributed by atoms with Gasteiger partial charge in [-0.25, -0.2) is 4.79 Å². The zero-order valence-electron chi connectivity index (χ0n) is 12.5. The van der Waals surface area contributed by atoms with Crippen LogP contribution in [-0.2, 0) is 0 Å². The molecule has 0 heterocycles. The Labute approximate surface area is 123 Å². The summed E-state index contributed by atoms with van der Waals surface area (Å²) in [5.74, 6) is 0.654.